The van der Waals surface area contributed by atoms with Crippen molar-refractivity contribution in [1.29, 1.82) is 0 Å². The zero-order chi connectivity index (χ0) is 28.4. The predicted octanol–water partition coefficient (Wildman–Crippen LogP) is 5.09. The first-order chi connectivity index (χ1) is 18.7. The average molecular weight is 550 g/mol. The summed E-state index contributed by atoms with van der Waals surface area (Å²) in [7, 11) is -4.06. The number of carbonyl (C=O) groups is 2. The SMILES string of the molecule is CCCNC(=O)[C@@H](CC)N(Cc1cccc(C)c1)C(=O)CN(c1ccc(CC)cc1)S(=O)(=O)c1ccccc1. The van der Waals surface area contributed by atoms with E-state index in [2.05, 4.69) is 5.32 Å². The minimum atomic E-state index is -4.06. The molecule has 0 aromatic heterocycles. The number of sulfonamides is 1. The van der Waals surface area contributed by atoms with Gasteiger partial charge in [0, 0.05) is 13.1 Å². The molecule has 3 aromatic rings. The molecule has 0 bridgehead atoms. The number of hydrogen-bond acceptors (Lipinski definition) is 4. The van der Waals surface area contributed by atoms with E-state index in [4.69, 9.17) is 0 Å². The molecule has 3 aromatic carbocycles. The second-order valence-corrected chi connectivity index (χ2v) is 11.4. The van der Waals surface area contributed by atoms with Gasteiger partial charge in [-0.25, -0.2) is 8.42 Å². The van der Waals surface area contributed by atoms with E-state index in [-0.39, 0.29) is 17.3 Å². The molecule has 0 aliphatic rings. The van der Waals surface area contributed by atoms with E-state index in [0.29, 0.717) is 18.7 Å². The van der Waals surface area contributed by atoms with E-state index in [0.717, 1.165) is 33.8 Å². The molecule has 7 nitrogen and oxygen atoms in total. The number of amides is 2. The molecule has 0 heterocycles. The number of carbonyl (C=O) groups excluding carboxylic acids is 2. The van der Waals surface area contributed by atoms with Crippen molar-refractivity contribution in [3.05, 3.63) is 95.6 Å². The number of anilines is 1. The molecule has 208 valence electrons. The van der Waals surface area contributed by atoms with E-state index < -0.39 is 28.5 Å². The summed E-state index contributed by atoms with van der Waals surface area (Å²) in [6.45, 7) is 8.06. The van der Waals surface area contributed by atoms with Crippen LogP contribution >= 0.6 is 0 Å². The number of rotatable bonds is 13. The molecule has 1 N–H and O–H groups in total. The van der Waals surface area contributed by atoms with Gasteiger partial charge in [0.25, 0.3) is 10.0 Å². The molecular weight excluding hydrogens is 510 g/mol. The molecule has 0 radical (unpaired) electrons. The van der Waals surface area contributed by atoms with Crippen LogP contribution in [0.1, 0.15) is 50.3 Å². The van der Waals surface area contributed by atoms with Gasteiger partial charge in [-0.3, -0.25) is 13.9 Å². The molecule has 0 saturated heterocycles. The molecule has 39 heavy (non-hydrogen) atoms. The van der Waals surface area contributed by atoms with Crippen LogP contribution in [0.4, 0.5) is 5.69 Å². The Hall–Kier alpha value is -3.65. The van der Waals surface area contributed by atoms with Gasteiger partial charge < -0.3 is 10.2 Å². The summed E-state index contributed by atoms with van der Waals surface area (Å²) in [5.41, 5.74) is 3.35. The van der Waals surface area contributed by atoms with Crippen molar-refractivity contribution in [2.24, 2.45) is 0 Å². The zero-order valence-electron chi connectivity index (χ0n) is 23.3. The number of benzene rings is 3. The van der Waals surface area contributed by atoms with E-state index in [1.807, 2.05) is 64.1 Å². The molecule has 0 unspecified atom stereocenters. The molecule has 0 saturated carbocycles. The molecular formula is C31H39N3O4S. The monoisotopic (exact) mass is 549 g/mol. The van der Waals surface area contributed by atoms with Crippen LogP contribution in [0.3, 0.4) is 0 Å². The first-order valence-corrected chi connectivity index (χ1v) is 14.9. The highest BCUT2D eigenvalue weighted by molar-refractivity contribution is 7.92. The van der Waals surface area contributed by atoms with Gasteiger partial charge in [-0.15, -0.1) is 0 Å². The Morgan fingerprint density at radius 2 is 1.56 bits per heavy atom. The summed E-state index contributed by atoms with van der Waals surface area (Å²) in [5, 5.41) is 2.90. The first-order valence-electron chi connectivity index (χ1n) is 13.5. The lowest BCUT2D eigenvalue weighted by molar-refractivity contribution is -0.140. The third-order valence-electron chi connectivity index (χ3n) is 6.61. The van der Waals surface area contributed by atoms with Crippen LogP contribution in [0.2, 0.25) is 0 Å². The third-order valence-corrected chi connectivity index (χ3v) is 8.40. The fourth-order valence-electron chi connectivity index (χ4n) is 4.44. The molecule has 8 heteroatoms. The van der Waals surface area contributed by atoms with Crippen molar-refractivity contribution in [3.63, 3.8) is 0 Å². The van der Waals surface area contributed by atoms with Crippen molar-refractivity contribution < 1.29 is 18.0 Å². The minimum Gasteiger partial charge on any atom is -0.354 e. The molecule has 0 fully saturated rings. The van der Waals surface area contributed by atoms with E-state index in [1.54, 1.807) is 30.3 Å². The first kappa shape index (κ1) is 29.9. The summed E-state index contributed by atoms with van der Waals surface area (Å²) in [6, 6.07) is 22.3. The van der Waals surface area contributed by atoms with Gasteiger partial charge in [-0.05, 0) is 61.6 Å². The number of hydrogen-bond donors (Lipinski definition) is 1. The molecule has 0 spiro atoms. The maximum absolute atomic E-state index is 14.0. The van der Waals surface area contributed by atoms with Crippen LogP contribution in [0.25, 0.3) is 0 Å². The van der Waals surface area contributed by atoms with Crippen molar-refractivity contribution in [2.45, 2.75) is 64.4 Å². The zero-order valence-corrected chi connectivity index (χ0v) is 24.1. The van der Waals surface area contributed by atoms with Crippen LogP contribution in [-0.4, -0.2) is 44.3 Å². The summed E-state index contributed by atoms with van der Waals surface area (Å²) in [6.07, 6.45) is 1.97. The van der Waals surface area contributed by atoms with Crippen LogP contribution in [-0.2, 0) is 32.6 Å². The standard InChI is InChI=1S/C31H39N3O4S/c1-5-20-32-31(36)29(7-3)33(22-26-13-11-12-24(4)21-26)30(35)23-34(27-18-16-25(6-2)17-19-27)39(37,38)28-14-9-8-10-15-28/h8-19,21,29H,5-7,20,22-23H2,1-4H3,(H,32,36)/t29-/m1/s1. The lowest BCUT2D eigenvalue weighted by atomic mass is 10.1. The Balaban J connectivity index is 2.04. The summed E-state index contributed by atoms with van der Waals surface area (Å²) in [5.74, 6) is -0.695. The second kappa shape index (κ2) is 13.9. The summed E-state index contributed by atoms with van der Waals surface area (Å²) < 4.78 is 28.8. The fourth-order valence-corrected chi connectivity index (χ4v) is 5.87. The maximum atomic E-state index is 14.0. The maximum Gasteiger partial charge on any atom is 0.264 e. The molecule has 2 amide bonds. The third kappa shape index (κ3) is 7.69. The predicted molar refractivity (Wildman–Crippen MR) is 156 cm³/mol. The minimum absolute atomic E-state index is 0.0929. The van der Waals surface area contributed by atoms with Crippen LogP contribution < -0.4 is 9.62 Å². The highest BCUT2D eigenvalue weighted by atomic mass is 32.2. The Kier molecular flexibility index (Phi) is 10.7. The highest BCUT2D eigenvalue weighted by Crippen LogP contribution is 2.25. The van der Waals surface area contributed by atoms with Gasteiger partial charge in [0.1, 0.15) is 12.6 Å². The smallest absolute Gasteiger partial charge is 0.264 e. The lowest BCUT2D eigenvalue weighted by Gasteiger charge is -2.33. The van der Waals surface area contributed by atoms with Gasteiger partial charge in [-0.2, -0.15) is 0 Å². The fraction of sp³-hybridized carbons (Fsp3) is 0.355. The lowest BCUT2D eigenvalue weighted by Crippen LogP contribution is -2.52. The van der Waals surface area contributed by atoms with Crippen LogP contribution in [0.15, 0.2) is 83.8 Å². The van der Waals surface area contributed by atoms with E-state index >= 15 is 0 Å². The summed E-state index contributed by atoms with van der Waals surface area (Å²) in [4.78, 5) is 28.8. The van der Waals surface area contributed by atoms with Gasteiger partial charge in [0.15, 0.2) is 0 Å². The Labute approximate surface area is 232 Å². The highest BCUT2D eigenvalue weighted by Gasteiger charge is 2.33. The number of aryl methyl sites for hydroxylation is 2. The van der Waals surface area contributed by atoms with Crippen LogP contribution in [0.5, 0.6) is 0 Å². The van der Waals surface area contributed by atoms with E-state index in [1.165, 1.54) is 17.0 Å². The topological polar surface area (TPSA) is 86.8 Å². The normalized spacial score (nSPS) is 12.0. The molecule has 0 aliphatic heterocycles. The van der Waals surface area contributed by atoms with Crippen molar-refractivity contribution in [2.75, 3.05) is 17.4 Å². The van der Waals surface area contributed by atoms with Gasteiger partial charge >= 0.3 is 0 Å². The van der Waals surface area contributed by atoms with Crippen molar-refractivity contribution in [1.82, 2.24) is 10.2 Å². The van der Waals surface area contributed by atoms with Gasteiger partial charge in [0.2, 0.25) is 11.8 Å². The quantitative estimate of drug-likeness (QED) is 0.322. The second-order valence-electron chi connectivity index (χ2n) is 9.57. The van der Waals surface area contributed by atoms with Gasteiger partial charge in [0.05, 0.1) is 10.6 Å². The molecule has 1 atom stereocenters. The Bertz CT molecular complexity index is 1340. The Morgan fingerprint density at radius 1 is 0.872 bits per heavy atom. The Morgan fingerprint density at radius 3 is 2.15 bits per heavy atom. The number of nitrogens with one attached hydrogen (secondary N) is 1. The molecule has 0 aliphatic carbocycles. The number of nitrogens with zero attached hydrogens (tertiary/aromatic N) is 2. The average Bonchev–Trinajstić information content (AvgIpc) is 2.95. The van der Waals surface area contributed by atoms with Crippen molar-refractivity contribution in [3.8, 4) is 0 Å². The largest absolute Gasteiger partial charge is 0.354 e. The van der Waals surface area contributed by atoms with E-state index in [9.17, 15) is 18.0 Å². The summed E-state index contributed by atoms with van der Waals surface area (Å²) >= 11 is 0. The molecule has 3 rings (SSSR count). The van der Waals surface area contributed by atoms with Crippen molar-refractivity contribution >= 4 is 27.5 Å². The van der Waals surface area contributed by atoms with Gasteiger partial charge in [-0.1, -0.05) is 80.9 Å². The van der Waals surface area contributed by atoms with Crippen LogP contribution in [0, 0.1) is 6.92 Å².